The molecule has 1 N–H and O–H groups in total. The van der Waals surface area contributed by atoms with E-state index >= 15 is 0 Å². The molecule has 0 aliphatic carbocycles. The maximum absolute atomic E-state index is 12.3. The Hall–Kier alpha value is -1.79. The van der Waals surface area contributed by atoms with Gasteiger partial charge in [-0.1, -0.05) is 0 Å². The van der Waals surface area contributed by atoms with Gasteiger partial charge in [0.15, 0.2) is 0 Å². The number of piperazine rings is 1. The minimum Gasteiger partial charge on any atom is -0.497 e. The first kappa shape index (κ1) is 17.0. The number of benzene rings is 1. The Morgan fingerprint density at radius 3 is 2.62 bits per heavy atom. The molecule has 0 spiro atoms. The first-order chi connectivity index (χ1) is 11.8. The molecule has 1 amide bonds. The zero-order valence-electron chi connectivity index (χ0n) is 14.4. The number of amides is 1. The van der Waals surface area contributed by atoms with Crippen molar-refractivity contribution in [1.82, 2.24) is 10.2 Å². The summed E-state index contributed by atoms with van der Waals surface area (Å²) in [5, 5.41) is 3.24. The minimum atomic E-state index is 0.183. The van der Waals surface area contributed by atoms with Gasteiger partial charge in [0.2, 0.25) is 5.91 Å². The third-order valence-corrected chi connectivity index (χ3v) is 4.74. The molecular formula is C18H27N3O3. The van der Waals surface area contributed by atoms with Gasteiger partial charge in [-0.3, -0.25) is 4.79 Å². The van der Waals surface area contributed by atoms with Crippen molar-refractivity contribution in [2.24, 2.45) is 0 Å². The van der Waals surface area contributed by atoms with E-state index in [0.29, 0.717) is 6.54 Å². The van der Waals surface area contributed by atoms with E-state index in [4.69, 9.17) is 9.47 Å². The summed E-state index contributed by atoms with van der Waals surface area (Å²) in [5.41, 5.74) is 1.18. The van der Waals surface area contributed by atoms with Crippen molar-refractivity contribution in [3.05, 3.63) is 24.3 Å². The highest BCUT2D eigenvalue weighted by Gasteiger charge is 2.22. The van der Waals surface area contributed by atoms with Crippen LogP contribution >= 0.6 is 0 Å². The standard InChI is InChI=1S/C18H27N3O3/c1-23-16-6-4-15(5-7-16)20-8-10-21(11-9-20)18(22)14-19-13-17-3-2-12-24-17/h4-7,17,19H,2-3,8-14H2,1H3. The van der Waals surface area contributed by atoms with E-state index in [0.717, 1.165) is 57.9 Å². The van der Waals surface area contributed by atoms with Gasteiger partial charge in [0, 0.05) is 45.0 Å². The van der Waals surface area contributed by atoms with Crippen LogP contribution in [0.4, 0.5) is 5.69 Å². The second-order valence-electron chi connectivity index (χ2n) is 6.33. The van der Waals surface area contributed by atoms with Gasteiger partial charge < -0.3 is 24.6 Å². The van der Waals surface area contributed by atoms with E-state index < -0.39 is 0 Å². The van der Waals surface area contributed by atoms with Crippen LogP contribution in [0, 0.1) is 0 Å². The van der Waals surface area contributed by atoms with Gasteiger partial charge in [0.05, 0.1) is 19.8 Å². The summed E-state index contributed by atoms with van der Waals surface area (Å²) >= 11 is 0. The molecule has 0 radical (unpaired) electrons. The fraction of sp³-hybridized carbons (Fsp3) is 0.611. The average molecular weight is 333 g/mol. The van der Waals surface area contributed by atoms with E-state index in [1.165, 1.54) is 5.69 Å². The quantitative estimate of drug-likeness (QED) is 0.845. The number of carbonyl (C=O) groups excluding carboxylic acids is 1. The second kappa shape index (κ2) is 8.35. The van der Waals surface area contributed by atoms with Gasteiger partial charge in [-0.25, -0.2) is 0 Å². The van der Waals surface area contributed by atoms with Crippen LogP contribution in [-0.2, 0) is 9.53 Å². The van der Waals surface area contributed by atoms with Gasteiger partial charge in [-0.05, 0) is 37.1 Å². The molecule has 1 aromatic carbocycles. The van der Waals surface area contributed by atoms with E-state index in [9.17, 15) is 4.79 Å². The number of methoxy groups -OCH3 is 1. The lowest BCUT2D eigenvalue weighted by atomic mass is 10.2. The largest absolute Gasteiger partial charge is 0.497 e. The van der Waals surface area contributed by atoms with Crippen molar-refractivity contribution in [3.8, 4) is 5.75 Å². The Balaban J connectivity index is 1.39. The van der Waals surface area contributed by atoms with Crippen molar-refractivity contribution in [1.29, 1.82) is 0 Å². The predicted molar refractivity (Wildman–Crippen MR) is 93.6 cm³/mol. The monoisotopic (exact) mass is 333 g/mol. The van der Waals surface area contributed by atoms with Gasteiger partial charge in [-0.15, -0.1) is 0 Å². The predicted octanol–water partition coefficient (Wildman–Crippen LogP) is 1.11. The number of hydrogen-bond acceptors (Lipinski definition) is 5. The van der Waals surface area contributed by atoms with Gasteiger partial charge >= 0.3 is 0 Å². The number of nitrogens with one attached hydrogen (secondary N) is 1. The van der Waals surface area contributed by atoms with Gasteiger partial charge in [-0.2, -0.15) is 0 Å². The highest BCUT2D eigenvalue weighted by Crippen LogP contribution is 2.20. The number of anilines is 1. The van der Waals surface area contributed by atoms with Crippen LogP contribution in [-0.4, -0.2) is 69.9 Å². The molecule has 3 rings (SSSR count). The molecule has 0 bridgehead atoms. The molecule has 1 aromatic rings. The number of nitrogens with zero attached hydrogens (tertiary/aromatic N) is 2. The summed E-state index contributed by atoms with van der Waals surface area (Å²) in [5.74, 6) is 1.05. The average Bonchev–Trinajstić information content (AvgIpc) is 3.15. The number of rotatable bonds is 6. The third-order valence-electron chi connectivity index (χ3n) is 4.74. The number of carbonyl (C=O) groups is 1. The first-order valence-electron chi connectivity index (χ1n) is 8.75. The highest BCUT2D eigenvalue weighted by molar-refractivity contribution is 5.78. The lowest BCUT2D eigenvalue weighted by molar-refractivity contribution is -0.130. The van der Waals surface area contributed by atoms with Crippen LogP contribution in [0.1, 0.15) is 12.8 Å². The van der Waals surface area contributed by atoms with Gasteiger partial charge in [0.25, 0.3) is 0 Å². The fourth-order valence-corrected chi connectivity index (χ4v) is 3.26. The van der Waals surface area contributed by atoms with E-state index in [1.54, 1.807) is 7.11 Å². The smallest absolute Gasteiger partial charge is 0.236 e. The van der Waals surface area contributed by atoms with E-state index in [2.05, 4.69) is 22.3 Å². The van der Waals surface area contributed by atoms with Crippen LogP contribution in [0.5, 0.6) is 5.75 Å². The Labute approximate surface area is 143 Å². The second-order valence-corrected chi connectivity index (χ2v) is 6.33. The molecule has 2 aliphatic rings. The van der Waals surface area contributed by atoms with Crippen molar-refractivity contribution < 1.29 is 14.3 Å². The molecular weight excluding hydrogens is 306 g/mol. The van der Waals surface area contributed by atoms with Crippen molar-refractivity contribution >= 4 is 11.6 Å². The topological polar surface area (TPSA) is 54.0 Å². The normalized spacial score (nSPS) is 21.1. The summed E-state index contributed by atoms with van der Waals surface area (Å²) in [7, 11) is 1.67. The van der Waals surface area contributed by atoms with E-state index in [-0.39, 0.29) is 12.0 Å². The molecule has 132 valence electrons. The molecule has 24 heavy (non-hydrogen) atoms. The molecule has 2 heterocycles. The van der Waals surface area contributed by atoms with Crippen molar-refractivity contribution in [3.63, 3.8) is 0 Å². The third kappa shape index (κ3) is 4.39. The van der Waals surface area contributed by atoms with Crippen LogP contribution < -0.4 is 15.0 Å². The maximum Gasteiger partial charge on any atom is 0.236 e. The van der Waals surface area contributed by atoms with Gasteiger partial charge in [0.1, 0.15) is 5.75 Å². The zero-order chi connectivity index (χ0) is 16.8. The van der Waals surface area contributed by atoms with E-state index in [1.807, 2.05) is 17.0 Å². The lowest BCUT2D eigenvalue weighted by Crippen LogP contribution is -2.51. The molecule has 2 saturated heterocycles. The molecule has 2 fully saturated rings. The van der Waals surface area contributed by atoms with Crippen LogP contribution in [0.15, 0.2) is 24.3 Å². The minimum absolute atomic E-state index is 0.183. The van der Waals surface area contributed by atoms with Crippen molar-refractivity contribution in [2.75, 3.05) is 57.9 Å². The maximum atomic E-state index is 12.3. The Bertz CT molecular complexity index is 521. The van der Waals surface area contributed by atoms with Crippen LogP contribution in [0.25, 0.3) is 0 Å². The summed E-state index contributed by atoms with van der Waals surface area (Å²) in [4.78, 5) is 16.5. The summed E-state index contributed by atoms with van der Waals surface area (Å²) in [6.45, 7) is 5.31. The molecule has 6 nitrogen and oxygen atoms in total. The number of ether oxygens (including phenoxy) is 2. The zero-order valence-corrected chi connectivity index (χ0v) is 14.4. The summed E-state index contributed by atoms with van der Waals surface area (Å²) < 4.78 is 10.7. The number of hydrogen-bond donors (Lipinski definition) is 1. The van der Waals surface area contributed by atoms with Crippen LogP contribution in [0.3, 0.4) is 0 Å². The molecule has 0 aromatic heterocycles. The molecule has 0 saturated carbocycles. The molecule has 1 unspecified atom stereocenters. The Morgan fingerprint density at radius 2 is 2.00 bits per heavy atom. The fourth-order valence-electron chi connectivity index (χ4n) is 3.26. The molecule has 1 atom stereocenters. The summed E-state index contributed by atoms with van der Waals surface area (Å²) in [6.07, 6.45) is 2.51. The SMILES string of the molecule is COc1ccc(N2CCN(C(=O)CNCC3CCCO3)CC2)cc1. The molecule has 6 heteroatoms. The Morgan fingerprint density at radius 1 is 1.25 bits per heavy atom. The lowest BCUT2D eigenvalue weighted by Gasteiger charge is -2.36. The summed E-state index contributed by atoms with van der Waals surface area (Å²) in [6, 6.07) is 8.09. The molecule has 2 aliphatic heterocycles. The highest BCUT2D eigenvalue weighted by atomic mass is 16.5. The van der Waals surface area contributed by atoms with Crippen molar-refractivity contribution in [2.45, 2.75) is 18.9 Å². The first-order valence-corrected chi connectivity index (χ1v) is 8.75. The Kier molecular flexibility index (Phi) is 5.93. The van der Waals surface area contributed by atoms with Crippen LogP contribution in [0.2, 0.25) is 0 Å².